The summed E-state index contributed by atoms with van der Waals surface area (Å²) in [6.45, 7) is 4.11. The summed E-state index contributed by atoms with van der Waals surface area (Å²) >= 11 is 1.81. The lowest BCUT2D eigenvalue weighted by molar-refractivity contribution is 0.0915. The van der Waals surface area contributed by atoms with Crippen molar-refractivity contribution in [3.05, 3.63) is 65.7 Å². The molecule has 4 heteroatoms. The molecule has 2 unspecified atom stereocenters. The monoisotopic (exact) mass is 340 g/mol. The Hall–Kier alpha value is -1.78. The summed E-state index contributed by atoms with van der Waals surface area (Å²) in [6.07, 6.45) is 1.11. The van der Waals surface area contributed by atoms with Crippen molar-refractivity contribution in [3.63, 3.8) is 0 Å². The molecule has 1 saturated heterocycles. The van der Waals surface area contributed by atoms with Crippen molar-refractivity contribution in [1.29, 1.82) is 0 Å². The Bertz CT molecular complexity index is 657. The van der Waals surface area contributed by atoms with E-state index in [9.17, 15) is 4.79 Å². The molecule has 1 amide bonds. The zero-order valence-electron chi connectivity index (χ0n) is 14.0. The molecule has 3 rings (SSSR count). The molecule has 0 bridgehead atoms. The standard InChI is InChI=1S/C20H24N2OS/c1-15-11-12-21-13-19(15)22-20(23)17-9-7-16(8-10-17)14-24-18-5-3-2-4-6-18/h2-10,15,19,21H,11-14H2,1H3,(H,22,23). The van der Waals surface area contributed by atoms with E-state index in [2.05, 4.69) is 41.8 Å². The number of piperidine rings is 1. The van der Waals surface area contributed by atoms with Gasteiger partial charge < -0.3 is 10.6 Å². The minimum absolute atomic E-state index is 0.0258. The highest BCUT2D eigenvalue weighted by Crippen LogP contribution is 2.22. The van der Waals surface area contributed by atoms with E-state index in [1.54, 1.807) is 0 Å². The number of rotatable bonds is 5. The smallest absolute Gasteiger partial charge is 0.251 e. The molecule has 2 aromatic carbocycles. The van der Waals surface area contributed by atoms with Gasteiger partial charge in [-0.05, 0) is 48.7 Å². The van der Waals surface area contributed by atoms with Crippen LogP contribution < -0.4 is 10.6 Å². The summed E-state index contributed by atoms with van der Waals surface area (Å²) in [5.41, 5.74) is 1.97. The maximum Gasteiger partial charge on any atom is 0.251 e. The molecule has 0 saturated carbocycles. The minimum atomic E-state index is 0.0258. The van der Waals surface area contributed by atoms with E-state index >= 15 is 0 Å². The molecular formula is C20H24N2OS. The number of carbonyl (C=O) groups is 1. The second-order valence-electron chi connectivity index (χ2n) is 6.35. The van der Waals surface area contributed by atoms with E-state index < -0.39 is 0 Å². The molecular weight excluding hydrogens is 316 g/mol. The second-order valence-corrected chi connectivity index (χ2v) is 7.40. The van der Waals surface area contributed by atoms with Crippen molar-refractivity contribution < 1.29 is 4.79 Å². The second kappa shape index (κ2) is 8.36. The van der Waals surface area contributed by atoms with E-state index in [1.165, 1.54) is 10.5 Å². The lowest BCUT2D eigenvalue weighted by atomic mass is 9.94. The van der Waals surface area contributed by atoms with Gasteiger partial charge in [0.2, 0.25) is 0 Å². The van der Waals surface area contributed by atoms with Crippen LogP contribution in [0.15, 0.2) is 59.5 Å². The van der Waals surface area contributed by atoms with Gasteiger partial charge in [0.05, 0.1) is 0 Å². The Morgan fingerprint density at radius 3 is 2.62 bits per heavy atom. The molecule has 126 valence electrons. The maximum atomic E-state index is 12.4. The van der Waals surface area contributed by atoms with Gasteiger partial charge in [-0.1, -0.05) is 37.3 Å². The third-order valence-electron chi connectivity index (χ3n) is 4.51. The molecule has 1 aliphatic heterocycles. The first-order valence-electron chi connectivity index (χ1n) is 8.51. The number of benzene rings is 2. The molecule has 2 aromatic rings. The summed E-state index contributed by atoms with van der Waals surface area (Å²) in [4.78, 5) is 13.7. The quantitative estimate of drug-likeness (QED) is 0.815. The van der Waals surface area contributed by atoms with Crippen LogP contribution in [0.3, 0.4) is 0 Å². The Morgan fingerprint density at radius 1 is 1.17 bits per heavy atom. The fraction of sp³-hybridized carbons (Fsp3) is 0.350. The normalized spacial score (nSPS) is 20.5. The van der Waals surface area contributed by atoms with Crippen LogP contribution in [-0.2, 0) is 5.75 Å². The van der Waals surface area contributed by atoms with Gasteiger partial charge in [-0.3, -0.25) is 4.79 Å². The van der Waals surface area contributed by atoms with Crippen LogP contribution in [0.1, 0.15) is 29.3 Å². The van der Waals surface area contributed by atoms with Gasteiger partial charge in [-0.2, -0.15) is 0 Å². The van der Waals surface area contributed by atoms with Crippen LogP contribution in [0.25, 0.3) is 0 Å². The lowest BCUT2D eigenvalue weighted by Gasteiger charge is -2.30. The molecule has 1 heterocycles. The number of carbonyl (C=O) groups excluding carboxylic acids is 1. The Labute approximate surface area is 148 Å². The van der Waals surface area contributed by atoms with Crippen LogP contribution >= 0.6 is 11.8 Å². The highest BCUT2D eigenvalue weighted by Gasteiger charge is 2.22. The number of nitrogens with one attached hydrogen (secondary N) is 2. The van der Waals surface area contributed by atoms with Crippen molar-refractivity contribution in [2.75, 3.05) is 13.1 Å². The largest absolute Gasteiger partial charge is 0.348 e. The third kappa shape index (κ3) is 4.62. The van der Waals surface area contributed by atoms with Crippen molar-refractivity contribution >= 4 is 17.7 Å². The van der Waals surface area contributed by atoms with E-state index in [-0.39, 0.29) is 11.9 Å². The number of thioether (sulfide) groups is 1. The van der Waals surface area contributed by atoms with E-state index in [0.29, 0.717) is 5.92 Å². The average molecular weight is 340 g/mol. The average Bonchev–Trinajstić information content (AvgIpc) is 2.63. The van der Waals surface area contributed by atoms with Gasteiger partial charge in [0.25, 0.3) is 5.91 Å². The highest BCUT2D eigenvalue weighted by atomic mass is 32.2. The van der Waals surface area contributed by atoms with Crippen molar-refractivity contribution in [2.24, 2.45) is 5.92 Å². The molecule has 1 aliphatic rings. The summed E-state index contributed by atoms with van der Waals surface area (Å²) in [5.74, 6) is 1.46. The molecule has 2 N–H and O–H groups in total. The number of amides is 1. The Morgan fingerprint density at radius 2 is 1.92 bits per heavy atom. The van der Waals surface area contributed by atoms with Gasteiger partial charge in [0.1, 0.15) is 0 Å². The first-order chi connectivity index (χ1) is 11.7. The fourth-order valence-electron chi connectivity index (χ4n) is 2.87. The zero-order chi connectivity index (χ0) is 16.8. The van der Waals surface area contributed by atoms with Crippen LogP contribution in [0.5, 0.6) is 0 Å². The van der Waals surface area contributed by atoms with Crippen molar-refractivity contribution in [1.82, 2.24) is 10.6 Å². The van der Waals surface area contributed by atoms with E-state index in [1.807, 2.05) is 42.1 Å². The molecule has 1 fully saturated rings. The van der Waals surface area contributed by atoms with Gasteiger partial charge in [0.15, 0.2) is 0 Å². The van der Waals surface area contributed by atoms with Crippen molar-refractivity contribution in [2.45, 2.75) is 30.0 Å². The van der Waals surface area contributed by atoms with Crippen LogP contribution in [0.4, 0.5) is 0 Å². The number of hydrogen-bond donors (Lipinski definition) is 2. The van der Waals surface area contributed by atoms with Crippen LogP contribution in [0, 0.1) is 5.92 Å². The van der Waals surface area contributed by atoms with Crippen LogP contribution in [0.2, 0.25) is 0 Å². The Balaban J connectivity index is 1.54. The molecule has 3 nitrogen and oxygen atoms in total. The molecule has 0 spiro atoms. The van der Waals surface area contributed by atoms with Gasteiger partial charge >= 0.3 is 0 Å². The maximum absolute atomic E-state index is 12.4. The predicted octanol–water partition coefficient (Wildman–Crippen LogP) is 3.71. The Kier molecular flexibility index (Phi) is 5.94. The molecule has 24 heavy (non-hydrogen) atoms. The predicted molar refractivity (Wildman–Crippen MR) is 100 cm³/mol. The molecule has 0 aromatic heterocycles. The van der Waals surface area contributed by atoms with Gasteiger partial charge in [0, 0.05) is 28.8 Å². The SMILES string of the molecule is CC1CCNCC1NC(=O)c1ccc(CSc2ccccc2)cc1. The lowest BCUT2D eigenvalue weighted by Crippen LogP contribution is -2.50. The number of hydrogen-bond acceptors (Lipinski definition) is 3. The molecule has 2 atom stereocenters. The third-order valence-corrected chi connectivity index (χ3v) is 5.59. The molecule has 0 aliphatic carbocycles. The first-order valence-corrected chi connectivity index (χ1v) is 9.49. The van der Waals surface area contributed by atoms with E-state index in [0.717, 1.165) is 30.8 Å². The molecule has 0 radical (unpaired) electrons. The summed E-state index contributed by atoms with van der Waals surface area (Å²) in [7, 11) is 0. The minimum Gasteiger partial charge on any atom is -0.348 e. The van der Waals surface area contributed by atoms with Gasteiger partial charge in [-0.25, -0.2) is 0 Å². The van der Waals surface area contributed by atoms with Gasteiger partial charge in [-0.15, -0.1) is 11.8 Å². The fourth-order valence-corrected chi connectivity index (χ4v) is 3.75. The van der Waals surface area contributed by atoms with E-state index in [4.69, 9.17) is 0 Å². The van der Waals surface area contributed by atoms with Crippen LogP contribution in [-0.4, -0.2) is 25.0 Å². The summed E-state index contributed by atoms with van der Waals surface area (Å²) in [6, 6.07) is 18.5. The summed E-state index contributed by atoms with van der Waals surface area (Å²) < 4.78 is 0. The van der Waals surface area contributed by atoms with Crippen molar-refractivity contribution in [3.8, 4) is 0 Å². The summed E-state index contributed by atoms with van der Waals surface area (Å²) in [5, 5.41) is 6.50. The first kappa shape index (κ1) is 17.1. The topological polar surface area (TPSA) is 41.1 Å². The zero-order valence-corrected chi connectivity index (χ0v) is 14.8. The highest BCUT2D eigenvalue weighted by molar-refractivity contribution is 7.98.